The minimum Gasteiger partial charge on any atom is -0.505 e. The van der Waals surface area contributed by atoms with E-state index in [1.54, 1.807) is 104 Å². The van der Waals surface area contributed by atoms with E-state index in [-0.39, 0.29) is 33.3 Å². The summed E-state index contributed by atoms with van der Waals surface area (Å²) in [6.45, 7) is 3.78. The zero-order valence-corrected chi connectivity index (χ0v) is 36.6. The first-order valence-corrected chi connectivity index (χ1v) is 21.7. The van der Waals surface area contributed by atoms with E-state index in [0.29, 0.717) is 103 Å². The summed E-state index contributed by atoms with van der Waals surface area (Å²) in [7, 11) is -3.19. The topological polar surface area (TPSA) is 283 Å². The van der Waals surface area contributed by atoms with Crippen LogP contribution in [0.5, 0.6) is 17.2 Å². The number of nitrogen functional groups attached to an aromatic ring is 1. The van der Waals surface area contributed by atoms with Gasteiger partial charge in [0, 0.05) is 33.1 Å². The van der Waals surface area contributed by atoms with Crippen LogP contribution in [0.25, 0.3) is 21.5 Å². The van der Waals surface area contributed by atoms with Gasteiger partial charge in [-0.3, -0.25) is 4.55 Å². The molecule has 23 heteroatoms. The molecule has 0 fully saturated rings. The third kappa shape index (κ3) is 11.5. The Morgan fingerprint density at radius 2 is 1.37 bits per heavy atom. The van der Waals surface area contributed by atoms with Gasteiger partial charge in [-0.05, 0) is 133 Å². The smallest absolute Gasteiger partial charge is 0.295 e. The van der Waals surface area contributed by atoms with E-state index in [2.05, 4.69) is 50.4 Å². The molecule has 0 atom stereocenters. The van der Waals surface area contributed by atoms with Gasteiger partial charge in [-0.2, -0.15) is 28.9 Å². The summed E-state index contributed by atoms with van der Waals surface area (Å²) in [4.78, 5) is 0.119. The Morgan fingerprint density at radius 1 is 0.677 bits per heavy atom. The number of hydrogen-bond acceptors (Lipinski definition) is 21. The lowest BCUT2D eigenvalue weighted by molar-refractivity contribution is -0.432. The molecular weight excluding hydrogens is 905 g/mol. The van der Waals surface area contributed by atoms with E-state index in [0.717, 1.165) is 6.07 Å². The molecule has 7 aromatic rings. The van der Waals surface area contributed by atoms with Crippen molar-refractivity contribution in [1.82, 2.24) is 0 Å². The Morgan fingerprint density at radius 3 is 2.09 bits per heavy atom. The normalized spacial score (nSPS) is 12.0. The van der Waals surface area contributed by atoms with Gasteiger partial charge < -0.3 is 25.6 Å². The SMILES string of the molecule is COc1cc(N=Nc2ccc(N=Nc3ccc4cc(SOOO)cc(S(=O)(=O)O)c4c3)c(C)c2)c(C)cc1N=Nc1c(SOOO)cc2cc(NCOc3ccc(N)cc3)ccc2c1O. The summed E-state index contributed by atoms with van der Waals surface area (Å²) >= 11 is 1.16. The maximum Gasteiger partial charge on any atom is 0.295 e. The van der Waals surface area contributed by atoms with Gasteiger partial charge >= 0.3 is 0 Å². The molecule has 0 aliphatic heterocycles. The van der Waals surface area contributed by atoms with E-state index in [9.17, 15) is 18.1 Å². The van der Waals surface area contributed by atoms with Crippen LogP contribution in [-0.4, -0.2) is 42.4 Å². The molecule has 0 bridgehead atoms. The minimum absolute atomic E-state index is 0.0353. The molecule has 20 nitrogen and oxygen atoms in total. The van der Waals surface area contributed by atoms with Gasteiger partial charge in [-0.1, -0.05) is 16.1 Å². The van der Waals surface area contributed by atoms with Gasteiger partial charge in [0.2, 0.25) is 0 Å². The van der Waals surface area contributed by atoms with Gasteiger partial charge in [0.1, 0.15) is 27.8 Å². The zero-order chi connectivity index (χ0) is 46.1. The number of methoxy groups -OCH3 is 1. The molecule has 0 saturated carbocycles. The lowest BCUT2D eigenvalue weighted by Gasteiger charge is -2.12. The lowest BCUT2D eigenvalue weighted by atomic mass is 10.1. The molecule has 7 rings (SSSR count). The Bertz CT molecular complexity index is 3090. The van der Waals surface area contributed by atoms with Crippen molar-refractivity contribution in [2.45, 2.75) is 28.5 Å². The zero-order valence-electron chi connectivity index (χ0n) is 34.1. The third-order valence-corrected chi connectivity index (χ3v) is 11.5. The van der Waals surface area contributed by atoms with Crippen molar-refractivity contribution < 1.29 is 56.8 Å². The molecule has 334 valence electrons. The number of nitrogens with zero attached hydrogens (tertiary/aromatic N) is 6. The van der Waals surface area contributed by atoms with E-state index in [1.165, 1.54) is 13.2 Å². The molecule has 65 heavy (non-hydrogen) atoms. The van der Waals surface area contributed by atoms with Crippen molar-refractivity contribution in [1.29, 1.82) is 0 Å². The molecule has 0 aliphatic carbocycles. The summed E-state index contributed by atoms with van der Waals surface area (Å²) in [5.74, 6) is 0.739. The highest BCUT2D eigenvalue weighted by Gasteiger charge is 2.19. The highest BCUT2D eigenvalue weighted by Crippen LogP contribution is 2.46. The summed E-state index contributed by atoms with van der Waals surface area (Å²) < 4.78 is 54.7. The van der Waals surface area contributed by atoms with Gasteiger partial charge in [-0.15, -0.1) is 18.9 Å². The van der Waals surface area contributed by atoms with Gasteiger partial charge in [0.05, 0.1) is 58.8 Å². The highest BCUT2D eigenvalue weighted by atomic mass is 32.2. The Balaban J connectivity index is 1.07. The molecule has 7 N–H and O–H groups in total. The molecule has 0 unspecified atom stereocenters. The van der Waals surface area contributed by atoms with Crippen LogP contribution >= 0.6 is 24.1 Å². The van der Waals surface area contributed by atoms with Crippen molar-refractivity contribution in [2.24, 2.45) is 30.7 Å². The number of rotatable bonds is 18. The van der Waals surface area contributed by atoms with Crippen molar-refractivity contribution in [3.05, 3.63) is 120 Å². The van der Waals surface area contributed by atoms with Crippen LogP contribution in [0.4, 0.5) is 45.5 Å². The number of phenolic OH excluding ortho intramolecular Hbond substituents is 1. The summed E-state index contributed by atoms with van der Waals surface area (Å²) in [5, 5.41) is 67.2. The number of aryl methyl sites for hydroxylation is 2. The first-order chi connectivity index (χ1) is 31.3. The molecule has 0 saturated heterocycles. The molecule has 7 aromatic carbocycles. The fourth-order valence-corrected chi connectivity index (χ4v) is 8.01. The van der Waals surface area contributed by atoms with Crippen LogP contribution in [-0.2, 0) is 28.9 Å². The third-order valence-electron chi connectivity index (χ3n) is 9.39. The fraction of sp³-hybridized carbons (Fsp3) is 0.0952. The van der Waals surface area contributed by atoms with Crippen LogP contribution in [0.15, 0.2) is 155 Å². The van der Waals surface area contributed by atoms with Crippen LogP contribution < -0.4 is 20.5 Å². The van der Waals surface area contributed by atoms with Crippen LogP contribution in [0.1, 0.15) is 11.1 Å². The second kappa shape index (κ2) is 20.8. The number of nitrogens with one attached hydrogen (secondary N) is 1. The predicted octanol–water partition coefficient (Wildman–Crippen LogP) is 12.7. The van der Waals surface area contributed by atoms with Gasteiger partial charge in [0.15, 0.2) is 12.5 Å². The fourth-order valence-electron chi connectivity index (χ4n) is 6.26. The number of azo groups is 3. The maximum absolute atomic E-state index is 12.2. The lowest BCUT2D eigenvalue weighted by Crippen LogP contribution is -2.08. The molecule has 0 amide bonds. The monoisotopic (exact) mass is 940 g/mol. The van der Waals surface area contributed by atoms with Crippen molar-refractivity contribution in [3.63, 3.8) is 0 Å². The number of ether oxygens (including phenoxy) is 2. The maximum atomic E-state index is 12.2. The Kier molecular flexibility index (Phi) is 14.8. The summed E-state index contributed by atoms with van der Waals surface area (Å²) in [6, 6.07) is 29.8. The van der Waals surface area contributed by atoms with E-state index < -0.39 is 15.0 Å². The van der Waals surface area contributed by atoms with E-state index in [1.807, 2.05) is 6.92 Å². The molecule has 0 aromatic heterocycles. The van der Waals surface area contributed by atoms with Crippen LogP contribution in [0.2, 0.25) is 0 Å². The summed E-state index contributed by atoms with van der Waals surface area (Å²) in [6.07, 6.45) is 0. The average Bonchev–Trinajstić information content (AvgIpc) is 3.29. The molecular formula is C42H36N8O12S3. The quantitative estimate of drug-likeness (QED) is 0.00887. The second-order valence-electron chi connectivity index (χ2n) is 13.7. The largest absolute Gasteiger partial charge is 0.505 e. The number of hydrogen-bond donors (Lipinski definition) is 6. The second-order valence-corrected chi connectivity index (χ2v) is 16.6. The predicted molar refractivity (Wildman–Crippen MR) is 242 cm³/mol. The van der Waals surface area contributed by atoms with Crippen molar-refractivity contribution in [3.8, 4) is 17.2 Å². The number of fused-ring (bicyclic) bond motifs is 2. The Hall–Kier alpha value is -6.77. The van der Waals surface area contributed by atoms with E-state index in [4.69, 9.17) is 30.1 Å². The number of benzene rings is 7. The van der Waals surface area contributed by atoms with Gasteiger partial charge in [-0.25, -0.2) is 10.5 Å². The number of phenols is 1. The molecule has 0 spiro atoms. The first kappa shape index (κ1) is 46.2. The number of aromatic hydroxyl groups is 1. The van der Waals surface area contributed by atoms with Gasteiger partial charge in [0.25, 0.3) is 10.1 Å². The number of nitrogens with two attached hydrogens (primary N) is 1. The molecule has 0 heterocycles. The molecule has 0 aliphatic rings. The average molecular weight is 941 g/mol. The summed E-state index contributed by atoms with van der Waals surface area (Å²) in [5.41, 5.74) is 10.6. The van der Waals surface area contributed by atoms with Crippen molar-refractivity contribution >= 4 is 101 Å². The van der Waals surface area contributed by atoms with Crippen LogP contribution in [0.3, 0.4) is 0 Å². The molecule has 0 radical (unpaired) electrons. The van der Waals surface area contributed by atoms with Crippen LogP contribution in [0, 0.1) is 13.8 Å². The number of anilines is 2. The Labute approximate surface area is 378 Å². The highest BCUT2D eigenvalue weighted by molar-refractivity contribution is 7.95. The van der Waals surface area contributed by atoms with E-state index >= 15 is 0 Å². The first-order valence-electron chi connectivity index (χ1n) is 18.7. The minimum atomic E-state index is -4.65. The standard InChI is InChI=1S/C42H36N8O12S3/c1-23-14-29(9-13-35(23)47-46-30-7-4-25-17-32(63-61-59-52)20-40(34(25)19-30)65(54,55)56)45-48-36-21-38(57-3)37(15-24(36)2)49-50-41-39(64-62-60-53)18-26-16-28(8-12-33(26)42(41)51)44-22-58-31-10-5-27(43)6-11-31/h4-21,44,51-53H,22,43H2,1-3H3,(H,54,55,56). The van der Waals surface area contributed by atoms with Crippen molar-refractivity contribution in [2.75, 3.05) is 24.9 Å².